The molecule has 1 amide bonds. The van der Waals surface area contributed by atoms with Crippen LogP contribution in [-0.4, -0.2) is 11.0 Å². The standard InChI is InChI=1S/C17H12ClN3OS/c18-15-4-2-1-3-13(15)7-10-16(22)21-17(23)20-14-8-5-12(11-19)6-9-14/h1-10H,(H2,20,21,22,23). The number of anilines is 1. The minimum absolute atomic E-state index is 0.170. The van der Waals surface area contributed by atoms with Crippen molar-refractivity contribution in [3.05, 3.63) is 70.8 Å². The van der Waals surface area contributed by atoms with Gasteiger partial charge in [0.1, 0.15) is 0 Å². The van der Waals surface area contributed by atoms with Crippen LogP contribution in [0.3, 0.4) is 0 Å². The largest absolute Gasteiger partial charge is 0.332 e. The monoisotopic (exact) mass is 341 g/mol. The molecule has 6 heteroatoms. The fourth-order valence-corrected chi connectivity index (χ4v) is 2.14. The summed E-state index contributed by atoms with van der Waals surface area (Å²) < 4.78 is 0. The van der Waals surface area contributed by atoms with Gasteiger partial charge in [-0.25, -0.2) is 0 Å². The van der Waals surface area contributed by atoms with Crippen molar-refractivity contribution in [1.82, 2.24) is 5.32 Å². The first kappa shape index (κ1) is 16.7. The van der Waals surface area contributed by atoms with Gasteiger partial charge in [0.25, 0.3) is 0 Å². The lowest BCUT2D eigenvalue weighted by molar-refractivity contribution is -0.115. The van der Waals surface area contributed by atoms with Gasteiger partial charge in [-0.3, -0.25) is 10.1 Å². The smallest absolute Gasteiger partial charge is 0.250 e. The number of benzene rings is 2. The number of carbonyl (C=O) groups is 1. The Morgan fingerprint density at radius 3 is 2.52 bits per heavy atom. The zero-order chi connectivity index (χ0) is 16.7. The van der Waals surface area contributed by atoms with Crippen molar-refractivity contribution in [2.24, 2.45) is 0 Å². The summed E-state index contributed by atoms with van der Waals surface area (Å²) in [5, 5.41) is 14.9. The number of nitrogens with one attached hydrogen (secondary N) is 2. The summed E-state index contributed by atoms with van der Waals surface area (Å²) in [4.78, 5) is 11.8. The average molecular weight is 342 g/mol. The maximum absolute atomic E-state index is 11.8. The van der Waals surface area contributed by atoms with E-state index in [9.17, 15) is 4.79 Å². The van der Waals surface area contributed by atoms with Gasteiger partial charge in [0, 0.05) is 16.8 Å². The van der Waals surface area contributed by atoms with Crippen molar-refractivity contribution in [1.29, 1.82) is 5.26 Å². The fraction of sp³-hybridized carbons (Fsp3) is 0. The maximum atomic E-state index is 11.8. The molecule has 0 aliphatic rings. The molecule has 2 N–H and O–H groups in total. The van der Waals surface area contributed by atoms with E-state index in [1.807, 2.05) is 18.2 Å². The molecule has 0 saturated carbocycles. The van der Waals surface area contributed by atoms with E-state index in [4.69, 9.17) is 29.1 Å². The summed E-state index contributed by atoms with van der Waals surface area (Å²) in [5.41, 5.74) is 1.98. The predicted octanol–water partition coefficient (Wildman–Crippen LogP) is 3.74. The van der Waals surface area contributed by atoms with Crippen molar-refractivity contribution in [3.63, 3.8) is 0 Å². The molecule has 0 fully saturated rings. The Hall–Kier alpha value is -2.68. The topological polar surface area (TPSA) is 64.9 Å². The first-order valence-electron chi connectivity index (χ1n) is 6.63. The van der Waals surface area contributed by atoms with E-state index in [0.29, 0.717) is 16.3 Å². The van der Waals surface area contributed by atoms with Crippen molar-refractivity contribution in [2.45, 2.75) is 0 Å². The highest BCUT2D eigenvalue weighted by Gasteiger charge is 2.02. The van der Waals surface area contributed by atoms with E-state index < -0.39 is 0 Å². The molecule has 0 spiro atoms. The second-order valence-electron chi connectivity index (χ2n) is 4.49. The maximum Gasteiger partial charge on any atom is 0.250 e. The number of nitriles is 1. The predicted molar refractivity (Wildman–Crippen MR) is 96.0 cm³/mol. The quantitative estimate of drug-likeness (QED) is 0.659. The summed E-state index contributed by atoms with van der Waals surface area (Å²) in [6.07, 6.45) is 2.97. The highest BCUT2D eigenvalue weighted by molar-refractivity contribution is 7.80. The van der Waals surface area contributed by atoms with E-state index in [1.165, 1.54) is 6.08 Å². The van der Waals surface area contributed by atoms with Crippen molar-refractivity contribution in [2.75, 3.05) is 5.32 Å². The lowest BCUT2D eigenvalue weighted by Crippen LogP contribution is -2.32. The van der Waals surface area contributed by atoms with Crippen LogP contribution in [0.1, 0.15) is 11.1 Å². The van der Waals surface area contributed by atoms with Crippen LogP contribution in [-0.2, 0) is 4.79 Å². The van der Waals surface area contributed by atoms with Crippen molar-refractivity contribution >= 4 is 46.6 Å². The lowest BCUT2D eigenvalue weighted by atomic mass is 10.2. The Morgan fingerprint density at radius 1 is 1.17 bits per heavy atom. The molecule has 0 bridgehead atoms. The zero-order valence-corrected chi connectivity index (χ0v) is 13.5. The Bertz CT molecular complexity index is 794. The van der Waals surface area contributed by atoms with Crippen LogP contribution < -0.4 is 10.6 Å². The molecule has 0 atom stereocenters. The lowest BCUT2D eigenvalue weighted by Gasteiger charge is -2.08. The van der Waals surface area contributed by atoms with Crippen molar-refractivity contribution in [3.8, 4) is 6.07 Å². The highest BCUT2D eigenvalue weighted by atomic mass is 35.5. The molecule has 0 aliphatic carbocycles. The third-order valence-corrected chi connectivity index (χ3v) is 3.38. The Kier molecular flexibility index (Phi) is 5.87. The molecule has 0 saturated heterocycles. The highest BCUT2D eigenvalue weighted by Crippen LogP contribution is 2.16. The van der Waals surface area contributed by atoms with E-state index in [1.54, 1.807) is 42.5 Å². The summed E-state index contributed by atoms with van der Waals surface area (Å²) in [6.45, 7) is 0. The molecule has 2 rings (SSSR count). The molecule has 114 valence electrons. The van der Waals surface area contributed by atoms with Gasteiger partial charge < -0.3 is 5.32 Å². The van der Waals surface area contributed by atoms with E-state index >= 15 is 0 Å². The SMILES string of the molecule is N#Cc1ccc(NC(=S)NC(=O)C=Cc2ccccc2Cl)cc1. The number of halogens is 1. The van der Waals surface area contributed by atoms with E-state index in [2.05, 4.69) is 10.6 Å². The number of hydrogen-bond donors (Lipinski definition) is 2. The fourth-order valence-electron chi connectivity index (χ4n) is 1.72. The normalized spacial score (nSPS) is 10.1. The minimum Gasteiger partial charge on any atom is -0.332 e. The van der Waals surface area contributed by atoms with E-state index in [0.717, 1.165) is 5.56 Å². The Labute approximate surface area is 144 Å². The molecule has 0 aliphatic heterocycles. The van der Waals surface area contributed by atoms with Crippen LogP contribution in [0.5, 0.6) is 0 Å². The van der Waals surface area contributed by atoms with Crippen LogP contribution >= 0.6 is 23.8 Å². The Morgan fingerprint density at radius 2 is 1.87 bits per heavy atom. The zero-order valence-electron chi connectivity index (χ0n) is 11.9. The number of nitrogens with zero attached hydrogens (tertiary/aromatic N) is 1. The third-order valence-electron chi connectivity index (χ3n) is 2.83. The number of rotatable bonds is 3. The number of hydrogen-bond acceptors (Lipinski definition) is 3. The van der Waals surface area contributed by atoms with Gasteiger partial charge in [0.2, 0.25) is 5.91 Å². The third kappa shape index (κ3) is 5.22. The number of thiocarbonyl (C=S) groups is 1. The Balaban J connectivity index is 1.90. The number of amides is 1. The average Bonchev–Trinajstić information content (AvgIpc) is 2.54. The first-order chi connectivity index (χ1) is 11.1. The van der Waals surface area contributed by atoms with Crippen LogP contribution in [0.2, 0.25) is 5.02 Å². The molecule has 2 aromatic carbocycles. The molecule has 0 radical (unpaired) electrons. The van der Waals surface area contributed by atoms with Gasteiger partial charge in [0.05, 0.1) is 11.6 Å². The van der Waals surface area contributed by atoms with Crippen LogP contribution in [0.15, 0.2) is 54.6 Å². The molecule has 0 heterocycles. The number of carbonyl (C=O) groups excluding carboxylic acids is 1. The van der Waals surface area contributed by atoms with Gasteiger partial charge in [-0.2, -0.15) is 5.26 Å². The van der Waals surface area contributed by atoms with Gasteiger partial charge in [-0.15, -0.1) is 0 Å². The summed E-state index contributed by atoms with van der Waals surface area (Å²) in [7, 11) is 0. The van der Waals surface area contributed by atoms with Gasteiger partial charge in [0.15, 0.2) is 5.11 Å². The summed E-state index contributed by atoms with van der Waals surface area (Å²) in [5.74, 6) is -0.365. The molecule has 0 unspecified atom stereocenters. The first-order valence-corrected chi connectivity index (χ1v) is 7.42. The summed E-state index contributed by atoms with van der Waals surface area (Å²) >= 11 is 11.1. The van der Waals surface area contributed by atoms with Gasteiger partial charge >= 0.3 is 0 Å². The molecule has 23 heavy (non-hydrogen) atoms. The van der Waals surface area contributed by atoms with Crippen LogP contribution in [0, 0.1) is 11.3 Å². The van der Waals surface area contributed by atoms with E-state index in [-0.39, 0.29) is 11.0 Å². The van der Waals surface area contributed by atoms with Crippen LogP contribution in [0.25, 0.3) is 6.08 Å². The van der Waals surface area contributed by atoms with Gasteiger partial charge in [-0.05, 0) is 54.2 Å². The second kappa shape index (κ2) is 8.08. The van der Waals surface area contributed by atoms with Gasteiger partial charge in [-0.1, -0.05) is 29.8 Å². The second-order valence-corrected chi connectivity index (χ2v) is 5.30. The molecule has 0 aromatic heterocycles. The minimum atomic E-state index is -0.365. The van der Waals surface area contributed by atoms with Crippen LogP contribution in [0.4, 0.5) is 5.69 Å². The van der Waals surface area contributed by atoms with Crippen molar-refractivity contribution < 1.29 is 4.79 Å². The molecule has 4 nitrogen and oxygen atoms in total. The molecule has 2 aromatic rings. The molecular formula is C17H12ClN3OS. The molecular weight excluding hydrogens is 330 g/mol. The summed E-state index contributed by atoms with van der Waals surface area (Å²) in [6, 6.07) is 16.0.